The predicted octanol–water partition coefficient (Wildman–Crippen LogP) is 2.99. The Morgan fingerprint density at radius 1 is 1.17 bits per heavy atom. The Bertz CT molecular complexity index is 467. The summed E-state index contributed by atoms with van der Waals surface area (Å²) >= 11 is 0. The van der Waals surface area contributed by atoms with Crippen molar-refractivity contribution < 1.29 is 4.74 Å². The monoisotopic (exact) mass is 317 g/mol. The normalized spacial score (nSPS) is 17.2. The number of guanidine groups is 1. The van der Waals surface area contributed by atoms with Crippen LogP contribution in [-0.2, 0) is 11.2 Å². The first kappa shape index (κ1) is 17.8. The van der Waals surface area contributed by atoms with E-state index in [4.69, 9.17) is 4.74 Å². The molecule has 23 heavy (non-hydrogen) atoms. The van der Waals surface area contributed by atoms with Crippen LogP contribution in [0.1, 0.15) is 37.7 Å². The van der Waals surface area contributed by atoms with Gasteiger partial charge in [0.1, 0.15) is 0 Å². The Kier molecular flexibility index (Phi) is 7.40. The average molecular weight is 317 g/mol. The zero-order chi connectivity index (χ0) is 16.4. The first-order valence-corrected chi connectivity index (χ1v) is 8.75. The van der Waals surface area contributed by atoms with Gasteiger partial charge in [-0.15, -0.1) is 0 Å². The van der Waals surface area contributed by atoms with Crippen LogP contribution < -0.4 is 10.6 Å². The van der Waals surface area contributed by atoms with E-state index in [0.717, 1.165) is 38.5 Å². The molecule has 2 N–H and O–H groups in total. The molecule has 0 unspecified atom stereocenters. The van der Waals surface area contributed by atoms with Crippen molar-refractivity contribution >= 4 is 5.96 Å². The summed E-state index contributed by atoms with van der Waals surface area (Å²) in [6.45, 7) is 2.73. The summed E-state index contributed by atoms with van der Waals surface area (Å²) in [5, 5.41) is 6.95. The predicted molar refractivity (Wildman–Crippen MR) is 96.9 cm³/mol. The van der Waals surface area contributed by atoms with Crippen molar-refractivity contribution in [2.45, 2.75) is 38.5 Å². The van der Waals surface area contributed by atoms with Gasteiger partial charge in [-0.05, 0) is 36.7 Å². The number of ether oxygens (including phenoxy) is 1. The topological polar surface area (TPSA) is 45.7 Å². The van der Waals surface area contributed by atoms with Gasteiger partial charge in [0.15, 0.2) is 5.96 Å². The maximum absolute atomic E-state index is 5.30. The Morgan fingerprint density at radius 2 is 1.91 bits per heavy atom. The van der Waals surface area contributed by atoms with E-state index in [1.54, 1.807) is 7.11 Å². The van der Waals surface area contributed by atoms with Gasteiger partial charge >= 0.3 is 0 Å². The van der Waals surface area contributed by atoms with E-state index in [-0.39, 0.29) is 0 Å². The highest BCUT2D eigenvalue weighted by Gasteiger charge is 2.33. The molecule has 0 heterocycles. The fraction of sp³-hybridized carbons (Fsp3) is 0.632. The van der Waals surface area contributed by atoms with Crippen LogP contribution in [0.3, 0.4) is 0 Å². The Hall–Kier alpha value is -1.55. The highest BCUT2D eigenvalue weighted by Crippen LogP contribution is 2.40. The average Bonchev–Trinajstić information content (AvgIpc) is 3.06. The minimum atomic E-state index is 0.382. The van der Waals surface area contributed by atoms with Gasteiger partial charge in [-0.1, -0.05) is 43.2 Å². The standard InChI is InChI=1S/C19H31N3O/c1-20-18(21-14-10-17-8-4-3-5-9-17)22-16-19(13-15-23-2)11-6-7-12-19/h3-5,8-9H,6-7,10-16H2,1-2H3,(H2,20,21,22). The molecule has 1 aromatic rings. The van der Waals surface area contributed by atoms with Crippen LogP contribution in [0.15, 0.2) is 35.3 Å². The number of benzene rings is 1. The van der Waals surface area contributed by atoms with E-state index < -0.39 is 0 Å². The molecule has 4 heteroatoms. The van der Waals surface area contributed by atoms with Crippen molar-refractivity contribution in [1.29, 1.82) is 0 Å². The minimum absolute atomic E-state index is 0.382. The third-order valence-electron chi connectivity index (χ3n) is 4.90. The lowest BCUT2D eigenvalue weighted by Gasteiger charge is -2.30. The van der Waals surface area contributed by atoms with Gasteiger partial charge in [0, 0.05) is 33.9 Å². The number of nitrogens with zero attached hydrogens (tertiary/aromatic N) is 1. The molecule has 1 aliphatic carbocycles. The molecule has 0 bridgehead atoms. The second kappa shape index (κ2) is 9.56. The number of hydrogen-bond donors (Lipinski definition) is 2. The maximum atomic E-state index is 5.30. The molecule has 1 aliphatic rings. The van der Waals surface area contributed by atoms with Gasteiger partial charge in [-0.3, -0.25) is 4.99 Å². The van der Waals surface area contributed by atoms with E-state index in [0.29, 0.717) is 5.41 Å². The van der Waals surface area contributed by atoms with E-state index in [9.17, 15) is 0 Å². The second-order valence-electron chi connectivity index (χ2n) is 6.54. The Morgan fingerprint density at radius 3 is 2.57 bits per heavy atom. The molecular formula is C19H31N3O. The van der Waals surface area contributed by atoms with Crippen LogP contribution in [0.2, 0.25) is 0 Å². The number of rotatable bonds is 8. The molecule has 128 valence electrons. The molecule has 0 atom stereocenters. The number of aliphatic imine (C=N–C) groups is 1. The van der Waals surface area contributed by atoms with Crippen LogP contribution in [-0.4, -0.2) is 39.8 Å². The molecule has 0 radical (unpaired) electrons. The molecule has 2 rings (SSSR count). The van der Waals surface area contributed by atoms with E-state index >= 15 is 0 Å². The third kappa shape index (κ3) is 5.87. The van der Waals surface area contributed by atoms with Gasteiger partial charge in [0.25, 0.3) is 0 Å². The summed E-state index contributed by atoms with van der Waals surface area (Å²) in [5.74, 6) is 0.907. The first-order valence-electron chi connectivity index (χ1n) is 8.75. The van der Waals surface area contributed by atoms with Crippen molar-refractivity contribution in [3.63, 3.8) is 0 Å². The van der Waals surface area contributed by atoms with E-state index in [1.807, 2.05) is 7.05 Å². The molecule has 0 aromatic heterocycles. The largest absolute Gasteiger partial charge is 0.385 e. The minimum Gasteiger partial charge on any atom is -0.385 e. The fourth-order valence-electron chi connectivity index (χ4n) is 3.42. The molecule has 0 aliphatic heterocycles. The summed E-state index contributed by atoms with van der Waals surface area (Å²) in [7, 11) is 3.63. The van der Waals surface area contributed by atoms with Crippen molar-refractivity contribution in [2.75, 3.05) is 33.9 Å². The van der Waals surface area contributed by atoms with Crippen LogP contribution in [0, 0.1) is 5.41 Å². The van der Waals surface area contributed by atoms with Crippen LogP contribution >= 0.6 is 0 Å². The van der Waals surface area contributed by atoms with Gasteiger partial charge in [-0.2, -0.15) is 0 Å². The first-order chi connectivity index (χ1) is 11.3. The Labute approximate surface area is 140 Å². The zero-order valence-corrected chi connectivity index (χ0v) is 14.6. The van der Waals surface area contributed by atoms with E-state index in [2.05, 4.69) is 46.0 Å². The second-order valence-corrected chi connectivity index (χ2v) is 6.54. The van der Waals surface area contributed by atoms with Crippen molar-refractivity contribution in [1.82, 2.24) is 10.6 Å². The summed E-state index contributed by atoms with van der Waals surface area (Å²) in [6, 6.07) is 10.6. The van der Waals surface area contributed by atoms with Crippen molar-refractivity contribution in [3.8, 4) is 0 Å². The smallest absolute Gasteiger partial charge is 0.191 e. The summed E-state index contributed by atoms with van der Waals surface area (Å²) in [5.41, 5.74) is 1.73. The fourth-order valence-corrected chi connectivity index (χ4v) is 3.42. The van der Waals surface area contributed by atoms with Crippen molar-refractivity contribution in [2.24, 2.45) is 10.4 Å². The van der Waals surface area contributed by atoms with Gasteiger partial charge in [0.05, 0.1) is 0 Å². The van der Waals surface area contributed by atoms with Gasteiger partial charge < -0.3 is 15.4 Å². The van der Waals surface area contributed by atoms with Crippen LogP contribution in [0.25, 0.3) is 0 Å². The number of nitrogens with one attached hydrogen (secondary N) is 2. The highest BCUT2D eigenvalue weighted by molar-refractivity contribution is 5.79. The van der Waals surface area contributed by atoms with Crippen molar-refractivity contribution in [3.05, 3.63) is 35.9 Å². The molecule has 4 nitrogen and oxygen atoms in total. The highest BCUT2D eigenvalue weighted by atomic mass is 16.5. The van der Waals surface area contributed by atoms with Gasteiger partial charge in [0.2, 0.25) is 0 Å². The maximum Gasteiger partial charge on any atom is 0.191 e. The summed E-state index contributed by atoms with van der Waals surface area (Å²) in [4.78, 5) is 4.35. The lowest BCUT2D eigenvalue weighted by molar-refractivity contribution is 0.138. The quantitative estimate of drug-likeness (QED) is 0.572. The zero-order valence-electron chi connectivity index (χ0n) is 14.6. The molecule has 0 saturated heterocycles. The lowest BCUT2D eigenvalue weighted by Crippen LogP contribution is -2.43. The SMILES string of the molecule is CN=C(NCCc1ccccc1)NCC1(CCOC)CCCC1. The molecule has 1 aromatic carbocycles. The molecule has 1 fully saturated rings. The molecule has 0 spiro atoms. The third-order valence-corrected chi connectivity index (χ3v) is 4.90. The van der Waals surface area contributed by atoms with E-state index in [1.165, 1.54) is 31.2 Å². The molecular weight excluding hydrogens is 286 g/mol. The van der Waals surface area contributed by atoms with Crippen LogP contribution in [0.5, 0.6) is 0 Å². The number of methoxy groups -OCH3 is 1. The van der Waals surface area contributed by atoms with Crippen LogP contribution in [0.4, 0.5) is 0 Å². The number of hydrogen-bond acceptors (Lipinski definition) is 2. The molecule has 1 saturated carbocycles. The van der Waals surface area contributed by atoms with Gasteiger partial charge in [-0.25, -0.2) is 0 Å². The summed E-state index contributed by atoms with van der Waals surface area (Å²) < 4.78 is 5.30. The lowest BCUT2D eigenvalue weighted by atomic mass is 9.83. The Balaban J connectivity index is 1.75. The summed E-state index contributed by atoms with van der Waals surface area (Å²) in [6.07, 6.45) is 7.42. The molecule has 0 amide bonds.